The SMILES string of the molecule is N#CC1CCCN1C(=O)c1ccc(F)c(Cl)c1. The Morgan fingerprint density at radius 1 is 1.59 bits per heavy atom. The number of amides is 1. The molecule has 88 valence electrons. The number of hydrogen-bond acceptors (Lipinski definition) is 2. The molecule has 0 bridgehead atoms. The monoisotopic (exact) mass is 252 g/mol. The number of carbonyl (C=O) groups is 1. The van der Waals surface area contributed by atoms with Crippen LogP contribution in [0.15, 0.2) is 18.2 Å². The van der Waals surface area contributed by atoms with Gasteiger partial charge in [-0.1, -0.05) is 11.6 Å². The van der Waals surface area contributed by atoms with Crippen LogP contribution in [0, 0.1) is 17.1 Å². The van der Waals surface area contributed by atoms with E-state index in [0.29, 0.717) is 18.5 Å². The van der Waals surface area contributed by atoms with Crippen LogP contribution in [-0.2, 0) is 0 Å². The Kier molecular flexibility index (Phi) is 3.30. The fraction of sp³-hybridized carbons (Fsp3) is 0.333. The van der Waals surface area contributed by atoms with E-state index < -0.39 is 5.82 Å². The summed E-state index contributed by atoms with van der Waals surface area (Å²) in [6.45, 7) is 0.562. The molecule has 5 heteroatoms. The molecular formula is C12H10ClFN2O. The Labute approximate surface area is 103 Å². The van der Waals surface area contributed by atoms with E-state index in [1.165, 1.54) is 17.0 Å². The van der Waals surface area contributed by atoms with E-state index in [1.807, 2.05) is 0 Å². The summed E-state index contributed by atoms with van der Waals surface area (Å²) >= 11 is 5.62. The summed E-state index contributed by atoms with van der Waals surface area (Å²) in [5, 5.41) is 8.82. The molecule has 1 aromatic rings. The molecule has 0 aromatic heterocycles. The van der Waals surface area contributed by atoms with Crippen molar-refractivity contribution in [2.24, 2.45) is 0 Å². The maximum atomic E-state index is 13.0. The second-order valence-electron chi connectivity index (χ2n) is 3.91. The fourth-order valence-corrected chi connectivity index (χ4v) is 2.12. The first kappa shape index (κ1) is 11.9. The Morgan fingerprint density at radius 2 is 2.35 bits per heavy atom. The molecule has 1 saturated heterocycles. The molecule has 0 spiro atoms. The Balaban J connectivity index is 2.25. The molecule has 1 atom stereocenters. The molecule has 0 radical (unpaired) electrons. The Hall–Kier alpha value is -1.60. The summed E-state index contributed by atoms with van der Waals surface area (Å²) in [6, 6.07) is 5.55. The molecule has 2 rings (SSSR count). The van der Waals surface area contributed by atoms with Gasteiger partial charge in [-0.3, -0.25) is 4.79 Å². The highest BCUT2D eigenvalue weighted by molar-refractivity contribution is 6.31. The Morgan fingerprint density at radius 3 is 3.00 bits per heavy atom. The van der Waals surface area contributed by atoms with Crippen molar-refractivity contribution in [3.05, 3.63) is 34.6 Å². The molecule has 3 nitrogen and oxygen atoms in total. The summed E-state index contributed by atoms with van der Waals surface area (Å²) in [7, 11) is 0. The number of carbonyl (C=O) groups excluding carboxylic acids is 1. The van der Waals surface area contributed by atoms with E-state index >= 15 is 0 Å². The maximum Gasteiger partial charge on any atom is 0.254 e. The van der Waals surface area contributed by atoms with Gasteiger partial charge in [-0.25, -0.2) is 4.39 Å². The van der Waals surface area contributed by atoms with E-state index in [2.05, 4.69) is 6.07 Å². The number of benzene rings is 1. The highest BCUT2D eigenvalue weighted by Gasteiger charge is 2.29. The highest BCUT2D eigenvalue weighted by atomic mass is 35.5. The van der Waals surface area contributed by atoms with Gasteiger partial charge in [0.05, 0.1) is 11.1 Å². The van der Waals surface area contributed by atoms with Crippen molar-refractivity contribution in [1.82, 2.24) is 4.90 Å². The van der Waals surface area contributed by atoms with Crippen molar-refractivity contribution in [1.29, 1.82) is 5.26 Å². The van der Waals surface area contributed by atoms with Crippen molar-refractivity contribution in [2.45, 2.75) is 18.9 Å². The van der Waals surface area contributed by atoms with Gasteiger partial charge >= 0.3 is 0 Å². The second-order valence-corrected chi connectivity index (χ2v) is 4.32. The number of nitriles is 1. The molecule has 1 fully saturated rings. The molecule has 1 aliphatic rings. The van der Waals surface area contributed by atoms with Crippen LogP contribution in [0.5, 0.6) is 0 Å². The van der Waals surface area contributed by atoms with Crippen LogP contribution in [-0.4, -0.2) is 23.4 Å². The minimum absolute atomic E-state index is 0.0800. The zero-order chi connectivity index (χ0) is 12.4. The van der Waals surface area contributed by atoms with Crippen LogP contribution in [0.3, 0.4) is 0 Å². The molecule has 1 heterocycles. The number of nitrogens with zero attached hydrogens (tertiary/aromatic N) is 2. The van der Waals surface area contributed by atoms with Gasteiger partial charge in [0, 0.05) is 12.1 Å². The standard InChI is InChI=1S/C12H10ClFN2O/c13-10-6-8(3-4-11(10)14)12(17)16-5-1-2-9(16)7-15/h3-4,6,9H,1-2,5H2. The summed E-state index contributed by atoms with van der Waals surface area (Å²) in [5.41, 5.74) is 0.318. The van der Waals surface area contributed by atoms with Crippen LogP contribution in [0.2, 0.25) is 5.02 Å². The molecule has 17 heavy (non-hydrogen) atoms. The largest absolute Gasteiger partial charge is 0.323 e. The summed E-state index contributed by atoms with van der Waals surface area (Å²) < 4.78 is 13.0. The zero-order valence-corrected chi connectivity index (χ0v) is 9.75. The van der Waals surface area contributed by atoms with Crippen molar-refractivity contribution in [3.8, 4) is 6.07 Å². The summed E-state index contributed by atoms with van der Waals surface area (Å²) in [6.07, 6.45) is 1.51. The molecule has 1 amide bonds. The van der Waals surface area contributed by atoms with E-state index in [1.54, 1.807) is 0 Å². The molecule has 0 N–H and O–H groups in total. The fourth-order valence-electron chi connectivity index (χ4n) is 1.94. The van der Waals surface area contributed by atoms with Gasteiger partial charge in [0.15, 0.2) is 0 Å². The molecule has 1 aliphatic heterocycles. The molecular weight excluding hydrogens is 243 g/mol. The third kappa shape index (κ3) is 2.25. The molecule has 0 aliphatic carbocycles. The first-order valence-corrected chi connectivity index (χ1v) is 5.67. The van der Waals surface area contributed by atoms with E-state index in [-0.39, 0.29) is 17.0 Å². The lowest BCUT2D eigenvalue weighted by Gasteiger charge is -2.19. The second kappa shape index (κ2) is 4.72. The molecule has 1 aromatic carbocycles. The van der Waals surface area contributed by atoms with Crippen LogP contribution in [0.1, 0.15) is 23.2 Å². The highest BCUT2D eigenvalue weighted by Crippen LogP contribution is 2.22. The topological polar surface area (TPSA) is 44.1 Å². The van der Waals surface area contributed by atoms with E-state index in [0.717, 1.165) is 12.5 Å². The van der Waals surface area contributed by atoms with Crippen LogP contribution < -0.4 is 0 Å². The third-order valence-corrected chi connectivity index (χ3v) is 3.12. The summed E-state index contributed by atoms with van der Waals surface area (Å²) in [4.78, 5) is 13.6. The average Bonchev–Trinajstić information content (AvgIpc) is 2.80. The number of hydrogen-bond donors (Lipinski definition) is 0. The first-order valence-electron chi connectivity index (χ1n) is 5.29. The van der Waals surface area contributed by atoms with Crippen molar-refractivity contribution >= 4 is 17.5 Å². The quantitative estimate of drug-likeness (QED) is 0.771. The lowest BCUT2D eigenvalue weighted by molar-refractivity contribution is 0.0765. The van der Waals surface area contributed by atoms with Crippen molar-refractivity contribution in [2.75, 3.05) is 6.54 Å². The van der Waals surface area contributed by atoms with Gasteiger partial charge in [-0.05, 0) is 31.0 Å². The first-order chi connectivity index (χ1) is 8.13. The molecule has 1 unspecified atom stereocenters. The number of halogens is 2. The van der Waals surface area contributed by atoms with Gasteiger partial charge in [0.2, 0.25) is 0 Å². The van der Waals surface area contributed by atoms with Crippen molar-refractivity contribution in [3.63, 3.8) is 0 Å². The van der Waals surface area contributed by atoms with Gasteiger partial charge in [0.1, 0.15) is 11.9 Å². The maximum absolute atomic E-state index is 13.0. The Bertz CT molecular complexity index is 498. The van der Waals surface area contributed by atoms with E-state index in [4.69, 9.17) is 16.9 Å². The van der Waals surface area contributed by atoms with Crippen LogP contribution >= 0.6 is 11.6 Å². The molecule has 0 saturated carbocycles. The zero-order valence-electron chi connectivity index (χ0n) is 8.99. The lowest BCUT2D eigenvalue weighted by Crippen LogP contribution is -2.34. The minimum Gasteiger partial charge on any atom is -0.323 e. The van der Waals surface area contributed by atoms with Gasteiger partial charge in [-0.15, -0.1) is 0 Å². The smallest absolute Gasteiger partial charge is 0.254 e. The number of rotatable bonds is 1. The minimum atomic E-state index is -0.554. The predicted octanol–water partition coefficient (Wildman–Crippen LogP) is 2.61. The van der Waals surface area contributed by atoms with Gasteiger partial charge in [0.25, 0.3) is 5.91 Å². The summed E-state index contributed by atoms with van der Waals surface area (Å²) in [5.74, 6) is -0.822. The van der Waals surface area contributed by atoms with Crippen LogP contribution in [0.25, 0.3) is 0 Å². The lowest BCUT2D eigenvalue weighted by atomic mass is 10.1. The predicted molar refractivity (Wildman–Crippen MR) is 61.1 cm³/mol. The van der Waals surface area contributed by atoms with E-state index in [9.17, 15) is 9.18 Å². The number of likely N-dealkylation sites (tertiary alicyclic amines) is 1. The van der Waals surface area contributed by atoms with Crippen LogP contribution in [0.4, 0.5) is 4.39 Å². The van der Waals surface area contributed by atoms with Gasteiger partial charge in [-0.2, -0.15) is 5.26 Å². The normalized spacial score (nSPS) is 19.1. The third-order valence-electron chi connectivity index (χ3n) is 2.83. The van der Waals surface area contributed by atoms with Crippen molar-refractivity contribution < 1.29 is 9.18 Å². The average molecular weight is 253 g/mol. The van der Waals surface area contributed by atoms with Gasteiger partial charge < -0.3 is 4.90 Å².